The number of aryl methyl sites for hydroxylation is 1. The molecule has 0 amide bonds. The molecule has 2 aromatic heterocycles. The van der Waals surface area contributed by atoms with E-state index < -0.39 is 5.97 Å². The molecule has 0 aliphatic carbocycles. The Balaban J connectivity index is 1.77. The Hall–Kier alpha value is -1.71. The summed E-state index contributed by atoms with van der Waals surface area (Å²) in [6, 6.07) is 3.58. The van der Waals surface area contributed by atoms with Gasteiger partial charge in [-0.1, -0.05) is 30.0 Å². The van der Waals surface area contributed by atoms with Gasteiger partial charge in [-0.2, -0.15) is 0 Å². The number of carbonyl (C=O) groups is 1. The summed E-state index contributed by atoms with van der Waals surface area (Å²) in [6.45, 7) is 4.86. The summed E-state index contributed by atoms with van der Waals surface area (Å²) in [4.78, 5) is 17.8. The van der Waals surface area contributed by atoms with Crippen LogP contribution >= 0.6 is 23.1 Å². The van der Waals surface area contributed by atoms with E-state index in [1.54, 1.807) is 17.4 Å². The number of rotatable bonds is 6. The van der Waals surface area contributed by atoms with Crippen molar-refractivity contribution in [1.29, 1.82) is 0 Å². The molecule has 2 aromatic rings. The predicted octanol–water partition coefficient (Wildman–Crippen LogP) is 2.32. The van der Waals surface area contributed by atoms with Gasteiger partial charge in [0, 0.05) is 24.5 Å². The summed E-state index contributed by atoms with van der Waals surface area (Å²) < 4.78 is 6.23. The third kappa shape index (κ3) is 4.22. The molecule has 1 fully saturated rings. The molecule has 9 heteroatoms. The molecule has 0 spiro atoms. The van der Waals surface area contributed by atoms with Gasteiger partial charge in [-0.25, -0.2) is 9.78 Å². The molecular formula is C15H18N4O3S2. The van der Waals surface area contributed by atoms with Crippen LogP contribution in [0.15, 0.2) is 16.5 Å². The highest BCUT2D eigenvalue weighted by atomic mass is 32.2. The molecule has 0 atom stereocenters. The van der Waals surface area contributed by atoms with Crippen molar-refractivity contribution in [3.63, 3.8) is 0 Å². The van der Waals surface area contributed by atoms with Crippen molar-refractivity contribution in [3.8, 4) is 0 Å². The van der Waals surface area contributed by atoms with E-state index in [0.717, 1.165) is 40.2 Å². The Bertz CT molecular complexity index is 716. The number of ether oxygens (including phenoxy) is 1. The van der Waals surface area contributed by atoms with Crippen LogP contribution in [0.2, 0.25) is 0 Å². The maximum atomic E-state index is 11.4. The Labute approximate surface area is 148 Å². The molecule has 1 N–H and O–H groups in total. The highest BCUT2D eigenvalue weighted by Crippen LogP contribution is 2.27. The van der Waals surface area contributed by atoms with Crippen molar-refractivity contribution in [3.05, 3.63) is 28.5 Å². The number of carboxylic acid groups (broad SMARTS) is 1. The lowest BCUT2D eigenvalue weighted by atomic mass is 10.2. The van der Waals surface area contributed by atoms with E-state index in [1.807, 2.05) is 13.0 Å². The highest BCUT2D eigenvalue weighted by Gasteiger charge is 2.16. The second-order valence-corrected chi connectivity index (χ2v) is 7.49. The molecule has 24 heavy (non-hydrogen) atoms. The second kappa shape index (κ2) is 7.91. The van der Waals surface area contributed by atoms with E-state index in [9.17, 15) is 9.90 Å². The molecule has 7 nitrogen and oxygen atoms in total. The molecule has 1 saturated heterocycles. The number of aromatic carboxylic acids is 1. The first-order valence-electron chi connectivity index (χ1n) is 7.68. The van der Waals surface area contributed by atoms with Gasteiger partial charge in [0.1, 0.15) is 5.01 Å². The predicted molar refractivity (Wildman–Crippen MR) is 93.1 cm³/mol. The van der Waals surface area contributed by atoms with Crippen molar-refractivity contribution in [2.75, 3.05) is 31.2 Å². The number of hydrogen-bond acceptors (Lipinski definition) is 8. The van der Waals surface area contributed by atoms with E-state index in [-0.39, 0.29) is 5.69 Å². The number of thioether (sulfide) groups is 1. The van der Waals surface area contributed by atoms with Gasteiger partial charge in [-0.3, -0.25) is 0 Å². The first-order chi connectivity index (χ1) is 11.7. The lowest BCUT2D eigenvalue weighted by molar-refractivity contribution is 0.0690. The fourth-order valence-electron chi connectivity index (χ4n) is 2.33. The Morgan fingerprint density at radius 3 is 2.83 bits per heavy atom. The fraction of sp³-hybridized carbons (Fsp3) is 0.467. The van der Waals surface area contributed by atoms with Crippen LogP contribution in [0, 0.1) is 0 Å². The number of anilines is 1. The summed E-state index contributed by atoms with van der Waals surface area (Å²) in [5.74, 6) is -0.447. The largest absolute Gasteiger partial charge is 0.477 e. The van der Waals surface area contributed by atoms with Crippen LogP contribution in [0.5, 0.6) is 0 Å². The van der Waals surface area contributed by atoms with Gasteiger partial charge >= 0.3 is 5.97 Å². The molecule has 1 aliphatic rings. The van der Waals surface area contributed by atoms with Crippen molar-refractivity contribution >= 4 is 34.8 Å². The number of morpholine rings is 1. The third-order valence-electron chi connectivity index (χ3n) is 3.55. The number of aromatic nitrogens is 3. The summed E-state index contributed by atoms with van der Waals surface area (Å²) in [6.07, 6.45) is 0.867. The van der Waals surface area contributed by atoms with Crippen molar-refractivity contribution in [2.45, 2.75) is 23.4 Å². The summed E-state index contributed by atoms with van der Waals surface area (Å²) in [5.41, 5.74) is 1.68. The van der Waals surface area contributed by atoms with Crippen LogP contribution in [0.1, 0.15) is 28.1 Å². The summed E-state index contributed by atoms with van der Waals surface area (Å²) >= 11 is 3.10. The summed E-state index contributed by atoms with van der Waals surface area (Å²) in [5, 5.41) is 18.5. The maximum absolute atomic E-state index is 11.4. The van der Waals surface area contributed by atoms with Crippen LogP contribution in [-0.4, -0.2) is 52.6 Å². The Morgan fingerprint density at radius 1 is 1.38 bits per heavy atom. The van der Waals surface area contributed by atoms with Gasteiger partial charge in [0.15, 0.2) is 10.0 Å². The zero-order valence-corrected chi connectivity index (χ0v) is 14.9. The van der Waals surface area contributed by atoms with E-state index >= 15 is 0 Å². The van der Waals surface area contributed by atoms with Gasteiger partial charge in [-0.05, 0) is 18.6 Å². The molecule has 0 radical (unpaired) electrons. The number of pyridine rings is 1. The van der Waals surface area contributed by atoms with Crippen molar-refractivity contribution < 1.29 is 14.6 Å². The normalized spacial score (nSPS) is 14.8. The minimum atomic E-state index is -1.01. The van der Waals surface area contributed by atoms with E-state index in [2.05, 4.69) is 20.1 Å². The van der Waals surface area contributed by atoms with Gasteiger partial charge < -0.3 is 14.7 Å². The van der Waals surface area contributed by atoms with Crippen molar-refractivity contribution in [1.82, 2.24) is 15.2 Å². The molecule has 1 aliphatic heterocycles. The quantitative estimate of drug-likeness (QED) is 0.779. The van der Waals surface area contributed by atoms with Crippen LogP contribution in [-0.2, 0) is 16.9 Å². The van der Waals surface area contributed by atoms with Crippen molar-refractivity contribution in [2.24, 2.45) is 0 Å². The smallest absolute Gasteiger partial charge is 0.354 e. The average Bonchev–Trinajstić information content (AvgIpc) is 3.08. The van der Waals surface area contributed by atoms with E-state index in [1.165, 1.54) is 11.8 Å². The van der Waals surface area contributed by atoms with E-state index in [4.69, 9.17) is 4.74 Å². The molecular weight excluding hydrogens is 348 g/mol. The molecule has 3 heterocycles. The molecule has 128 valence electrons. The monoisotopic (exact) mass is 366 g/mol. The Kier molecular flexibility index (Phi) is 5.64. The number of nitrogens with zero attached hydrogens (tertiary/aromatic N) is 4. The van der Waals surface area contributed by atoms with E-state index in [0.29, 0.717) is 19.0 Å². The summed E-state index contributed by atoms with van der Waals surface area (Å²) in [7, 11) is 0. The SMILES string of the molecule is CCc1nnc(SCc2cc(N3CCOCC3)cc(C(=O)O)n2)s1. The molecule has 3 rings (SSSR count). The zero-order valence-electron chi connectivity index (χ0n) is 13.3. The number of carboxylic acids is 1. The lowest BCUT2D eigenvalue weighted by Crippen LogP contribution is -2.36. The highest BCUT2D eigenvalue weighted by molar-refractivity contribution is 8.00. The maximum Gasteiger partial charge on any atom is 0.354 e. The second-order valence-electron chi connectivity index (χ2n) is 5.21. The molecule has 0 saturated carbocycles. The topological polar surface area (TPSA) is 88.4 Å². The minimum absolute atomic E-state index is 0.0705. The first-order valence-corrected chi connectivity index (χ1v) is 9.48. The minimum Gasteiger partial charge on any atom is -0.477 e. The molecule has 0 aromatic carbocycles. The van der Waals surface area contributed by atoms with Crippen LogP contribution in [0.3, 0.4) is 0 Å². The van der Waals surface area contributed by atoms with Gasteiger partial charge in [-0.15, -0.1) is 10.2 Å². The first kappa shape index (κ1) is 17.1. The third-order valence-corrected chi connectivity index (χ3v) is 5.79. The van der Waals surface area contributed by atoms with Gasteiger partial charge in [0.25, 0.3) is 0 Å². The lowest BCUT2D eigenvalue weighted by Gasteiger charge is -2.29. The van der Waals surface area contributed by atoms with Gasteiger partial charge in [0.05, 0.1) is 18.9 Å². The van der Waals surface area contributed by atoms with Crippen LogP contribution in [0.4, 0.5) is 5.69 Å². The van der Waals surface area contributed by atoms with Crippen LogP contribution in [0.25, 0.3) is 0 Å². The standard InChI is InChI=1S/C15H18N4O3S2/c1-2-13-17-18-15(24-13)23-9-10-7-11(8-12(16-10)14(20)21)19-3-5-22-6-4-19/h7-8H,2-6,9H2,1H3,(H,20,21). The molecule has 0 unspecified atom stereocenters. The zero-order chi connectivity index (χ0) is 16.9. The number of hydrogen-bond donors (Lipinski definition) is 1. The molecule has 0 bridgehead atoms. The van der Waals surface area contributed by atoms with Crippen LogP contribution < -0.4 is 4.90 Å². The average molecular weight is 366 g/mol. The fourth-order valence-corrected chi connectivity index (χ4v) is 4.06. The van der Waals surface area contributed by atoms with Gasteiger partial charge in [0.2, 0.25) is 0 Å². The Morgan fingerprint density at radius 2 is 2.17 bits per heavy atom.